The molecule has 1 aliphatic carbocycles. The number of hydrogen-bond donors (Lipinski definition) is 0. The molecule has 1 rings (SSSR count). The number of nitrogens with zero attached hydrogens (tertiary/aromatic N) is 1. The van der Waals surface area contributed by atoms with Crippen LogP contribution >= 0.6 is 0 Å². The van der Waals surface area contributed by atoms with Crippen LogP contribution in [0, 0.1) is 0 Å². The molecule has 0 amide bonds. The summed E-state index contributed by atoms with van der Waals surface area (Å²) >= 11 is 0. The SMILES string of the molecule is CCN([SiH2]O[SiH](C)C)C1CCCCC1. The Balaban J connectivity index is 2.28. The first-order chi connectivity index (χ1) is 6.74. The van der Waals surface area contributed by atoms with Crippen molar-refractivity contribution >= 4 is 19.0 Å². The minimum absolute atomic E-state index is 0.372. The van der Waals surface area contributed by atoms with Gasteiger partial charge in [-0.3, -0.25) is 0 Å². The summed E-state index contributed by atoms with van der Waals surface area (Å²) in [5, 5.41) is 0. The Kier molecular flexibility index (Phi) is 6.01. The third kappa shape index (κ3) is 4.25. The van der Waals surface area contributed by atoms with Gasteiger partial charge in [-0.25, -0.2) is 0 Å². The van der Waals surface area contributed by atoms with Gasteiger partial charge in [0.1, 0.15) is 0 Å². The molecule has 84 valence electrons. The minimum atomic E-state index is -0.775. The maximum atomic E-state index is 5.95. The number of rotatable bonds is 5. The van der Waals surface area contributed by atoms with E-state index in [1.807, 2.05) is 0 Å². The van der Waals surface area contributed by atoms with E-state index in [0.717, 1.165) is 6.04 Å². The smallest absolute Gasteiger partial charge is 0.227 e. The first kappa shape index (κ1) is 12.4. The first-order valence-electron chi connectivity index (χ1n) is 6.09. The molecule has 0 atom stereocenters. The largest absolute Gasteiger partial charge is 0.451 e. The molecule has 2 nitrogen and oxygen atoms in total. The zero-order chi connectivity index (χ0) is 10.4. The quantitative estimate of drug-likeness (QED) is 0.667. The fraction of sp³-hybridized carbons (Fsp3) is 1.00. The highest BCUT2D eigenvalue weighted by molar-refractivity contribution is 6.55. The predicted octanol–water partition coefficient (Wildman–Crippen LogP) is 1.64. The van der Waals surface area contributed by atoms with Crippen LogP contribution in [0.5, 0.6) is 0 Å². The number of hydrogen-bond acceptors (Lipinski definition) is 2. The highest BCUT2D eigenvalue weighted by atomic mass is 28.3. The molecule has 1 fully saturated rings. The van der Waals surface area contributed by atoms with Gasteiger partial charge < -0.3 is 8.68 Å². The normalized spacial score (nSPS) is 20.4. The van der Waals surface area contributed by atoms with E-state index in [1.54, 1.807) is 0 Å². The molecule has 0 spiro atoms. The standard InChI is InChI=1S/C10H25NOSi2/c1-4-11(13-12-14(2)3)10-8-6-5-7-9-10/h10,14H,4-9,13H2,1-3H3. The van der Waals surface area contributed by atoms with E-state index >= 15 is 0 Å². The van der Waals surface area contributed by atoms with Crippen LogP contribution < -0.4 is 0 Å². The van der Waals surface area contributed by atoms with Gasteiger partial charge >= 0.3 is 0 Å². The van der Waals surface area contributed by atoms with Crippen LogP contribution in [-0.2, 0) is 4.12 Å². The fourth-order valence-corrected chi connectivity index (χ4v) is 4.86. The lowest BCUT2D eigenvalue weighted by molar-refractivity contribution is 0.248. The van der Waals surface area contributed by atoms with Crippen molar-refractivity contribution in [1.29, 1.82) is 0 Å². The van der Waals surface area contributed by atoms with E-state index in [4.69, 9.17) is 4.12 Å². The molecule has 0 aromatic carbocycles. The van der Waals surface area contributed by atoms with Crippen molar-refractivity contribution in [2.75, 3.05) is 6.54 Å². The second-order valence-electron chi connectivity index (χ2n) is 4.54. The van der Waals surface area contributed by atoms with Gasteiger partial charge in [-0.2, -0.15) is 0 Å². The molecule has 0 N–H and O–H groups in total. The zero-order valence-electron chi connectivity index (χ0n) is 9.96. The zero-order valence-corrected chi connectivity index (χ0v) is 12.5. The van der Waals surface area contributed by atoms with Crippen LogP contribution in [-0.4, -0.2) is 36.1 Å². The monoisotopic (exact) mass is 231 g/mol. The summed E-state index contributed by atoms with van der Waals surface area (Å²) in [6, 6.07) is 0.869. The van der Waals surface area contributed by atoms with Crippen molar-refractivity contribution in [2.24, 2.45) is 0 Å². The van der Waals surface area contributed by atoms with Crippen molar-refractivity contribution in [3.05, 3.63) is 0 Å². The summed E-state index contributed by atoms with van der Waals surface area (Å²) in [7, 11) is -1.15. The summed E-state index contributed by atoms with van der Waals surface area (Å²) in [5.74, 6) is 0. The van der Waals surface area contributed by atoms with Gasteiger partial charge in [0.15, 0.2) is 9.04 Å². The third-order valence-electron chi connectivity index (χ3n) is 3.07. The maximum absolute atomic E-state index is 5.95. The predicted molar refractivity (Wildman–Crippen MR) is 67.8 cm³/mol. The Labute approximate surface area is 92.8 Å². The highest BCUT2D eigenvalue weighted by Gasteiger charge is 2.19. The lowest BCUT2D eigenvalue weighted by Crippen LogP contribution is -2.41. The summed E-state index contributed by atoms with van der Waals surface area (Å²) in [4.78, 5) is 0. The van der Waals surface area contributed by atoms with Crippen LogP contribution in [0.3, 0.4) is 0 Å². The van der Waals surface area contributed by atoms with E-state index in [9.17, 15) is 0 Å². The van der Waals surface area contributed by atoms with Crippen LogP contribution in [0.2, 0.25) is 13.1 Å². The van der Waals surface area contributed by atoms with Crippen LogP contribution in [0.25, 0.3) is 0 Å². The van der Waals surface area contributed by atoms with Crippen molar-refractivity contribution in [3.8, 4) is 0 Å². The van der Waals surface area contributed by atoms with Crippen LogP contribution in [0.4, 0.5) is 0 Å². The molecule has 0 unspecified atom stereocenters. The van der Waals surface area contributed by atoms with Gasteiger partial charge in [0.05, 0.1) is 0 Å². The van der Waals surface area contributed by atoms with E-state index in [2.05, 4.69) is 24.6 Å². The van der Waals surface area contributed by atoms with E-state index < -0.39 is 9.04 Å². The Hall–Kier alpha value is 0.354. The second kappa shape index (κ2) is 6.77. The lowest BCUT2D eigenvalue weighted by atomic mass is 9.95. The van der Waals surface area contributed by atoms with Gasteiger partial charge in [0.25, 0.3) is 0 Å². The average molecular weight is 231 g/mol. The van der Waals surface area contributed by atoms with Gasteiger partial charge in [-0.15, -0.1) is 0 Å². The Bertz CT molecular complexity index is 149. The summed E-state index contributed by atoms with van der Waals surface area (Å²) in [6.45, 7) is 8.05. The van der Waals surface area contributed by atoms with E-state index in [-0.39, 0.29) is 9.92 Å². The Morgan fingerprint density at radius 3 is 2.43 bits per heavy atom. The van der Waals surface area contributed by atoms with Gasteiger partial charge in [0.2, 0.25) is 9.92 Å². The Morgan fingerprint density at radius 1 is 1.29 bits per heavy atom. The Morgan fingerprint density at radius 2 is 1.93 bits per heavy atom. The average Bonchev–Trinajstić information content (AvgIpc) is 2.20. The molecule has 0 radical (unpaired) electrons. The van der Waals surface area contributed by atoms with Crippen molar-refractivity contribution < 1.29 is 4.12 Å². The molecule has 0 saturated heterocycles. The van der Waals surface area contributed by atoms with Gasteiger partial charge in [0, 0.05) is 6.04 Å². The molecule has 0 heterocycles. The van der Waals surface area contributed by atoms with E-state index in [0.29, 0.717) is 0 Å². The molecule has 1 aliphatic rings. The molecule has 0 bridgehead atoms. The summed E-state index contributed by atoms with van der Waals surface area (Å²) in [5.41, 5.74) is 0. The van der Waals surface area contributed by atoms with Crippen molar-refractivity contribution in [2.45, 2.75) is 58.2 Å². The molecule has 0 aromatic rings. The van der Waals surface area contributed by atoms with Crippen molar-refractivity contribution in [3.63, 3.8) is 0 Å². The fourth-order valence-electron chi connectivity index (χ4n) is 2.15. The summed E-state index contributed by atoms with van der Waals surface area (Å²) < 4.78 is 8.61. The van der Waals surface area contributed by atoms with Gasteiger partial charge in [-0.1, -0.05) is 26.2 Å². The summed E-state index contributed by atoms with van der Waals surface area (Å²) in [6.07, 6.45) is 7.17. The molecule has 1 saturated carbocycles. The molecule has 14 heavy (non-hydrogen) atoms. The molecule has 0 aliphatic heterocycles. The molecular weight excluding hydrogens is 206 g/mol. The maximum Gasteiger partial charge on any atom is 0.227 e. The highest BCUT2D eigenvalue weighted by Crippen LogP contribution is 2.21. The van der Waals surface area contributed by atoms with Crippen LogP contribution in [0.1, 0.15) is 39.0 Å². The lowest BCUT2D eigenvalue weighted by Gasteiger charge is -2.33. The third-order valence-corrected chi connectivity index (χ3v) is 7.63. The van der Waals surface area contributed by atoms with E-state index in [1.165, 1.54) is 38.6 Å². The van der Waals surface area contributed by atoms with Crippen molar-refractivity contribution in [1.82, 2.24) is 4.57 Å². The molecular formula is C10H25NOSi2. The van der Waals surface area contributed by atoms with Crippen LogP contribution in [0.15, 0.2) is 0 Å². The topological polar surface area (TPSA) is 12.5 Å². The minimum Gasteiger partial charge on any atom is -0.451 e. The molecule has 4 heteroatoms. The van der Waals surface area contributed by atoms with Gasteiger partial charge in [-0.05, 0) is 32.5 Å². The first-order valence-corrected chi connectivity index (χ1v) is 10.1. The molecule has 0 aromatic heterocycles. The second-order valence-corrected chi connectivity index (χ2v) is 9.04.